The van der Waals surface area contributed by atoms with Gasteiger partial charge in [0.1, 0.15) is 0 Å². The van der Waals surface area contributed by atoms with Crippen LogP contribution in [0, 0.1) is 12.8 Å². The molecule has 6 nitrogen and oxygen atoms in total. The molecule has 0 bridgehead atoms. The monoisotopic (exact) mass is 343 g/mol. The molecule has 2 fully saturated rings. The fourth-order valence-corrected chi connectivity index (χ4v) is 3.71. The highest BCUT2D eigenvalue weighted by atomic mass is 16.2. The molecule has 0 saturated carbocycles. The Balaban J connectivity index is 1.87. The van der Waals surface area contributed by atoms with Crippen LogP contribution in [0.2, 0.25) is 0 Å². The summed E-state index contributed by atoms with van der Waals surface area (Å²) in [7, 11) is 1.63. The Hall–Kier alpha value is -2.37. The maximum atomic E-state index is 13.1. The van der Waals surface area contributed by atoms with Gasteiger partial charge in [-0.25, -0.2) is 0 Å². The van der Waals surface area contributed by atoms with E-state index in [2.05, 4.69) is 5.32 Å². The summed E-state index contributed by atoms with van der Waals surface area (Å²) in [5, 5.41) is 2.68. The van der Waals surface area contributed by atoms with Crippen LogP contribution in [0.1, 0.15) is 41.6 Å². The minimum atomic E-state index is -0.163. The van der Waals surface area contributed by atoms with E-state index in [1.807, 2.05) is 25.1 Å². The molecule has 1 aromatic carbocycles. The number of carbonyl (C=O) groups is 3. The van der Waals surface area contributed by atoms with E-state index in [4.69, 9.17) is 0 Å². The van der Waals surface area contributed by atoms with Gasteiger partial charge in [0.15, 0.2) is 0 Å². The van der Waals surface area contributed by atoms with Gasteiger partial charge >= 0.3 is 0 Å². The molecule has 25 heavy (non-hydrogen) atoms. The number of benzene rings is 1. The topological polar surface area (TPSA) is 69.7 Å². The van der Waals surface area contributed by atoms with Crippen LogP contribution in [-0.4, -0.2) is 49.3 Å². The van der Waals surface area contributed by atoms with Crippen molar-refractivity contribution in [3.8, 4) is 0 Å². The highest BCUT2D eigenvalue weighted by molar-refractivity contribution is 6.05. The van der Waals surface area contributed by atoms with Gasteiger partial charge in [-0.2, -0.15) is 0 Å². The van der Waals surface area contributed by atoms with Gasteiger partial charge in [-0.1, -0.05) is 11.6 Å². The lowest BCUT2D eigenvalue weighted by Gasteiger charge is -2.33. The molecular weight excluding hydrogens is 318 g/mol. The van der Waals surface area contributed by atoms with Crippen molar-refractivity contribution in [1.29, 1.82) is 0 Å². The van der Waals surface area contributed by atoms with Gasteiger partial charge in [0.05, 0.1) is 17.2 Å². The molecule has 0 aliphatic carbocycles. The van der Waals surface area contributed by atoms with Crippen LogP contribution >= 0.6 is 0 Å². The molecule has 0 spiro atoms. The fourth-order valence-electron chi connectivity index (χ4n) is 3.71. The van der Waals surface area contributed by atoms with Crippen molar-refractivity contribution in [2.24, 2.45) is 5.92 Å². The second-order valence-corrected chi connectivity index (χ2v) is 6.87. The molecule has 1 unspecified atom stereocenters. The molecule has 0 radical (unpaired) electrons. The summed E-state index contributed by atoms with van der Waals surface area (Å²) in [5.74, 6) is -0.201. The SMILES string of the molecule is CNC(=O)C1CCCN(C(=O)c2cc(C)ccc2N2CCCC2=O)C1. The number of piperidine rings is 1. The Morgan fingerprint density at radius 1 is 1.20 bits per heavy atom. The molecule has 2 aliphatic rings. The second kappa shape index (κ2) is 7.25. The first-order valence-corrected chi connectivity index (χ1v) is 8.93. The van der Waals surface area contributed by atoms with Crippen molar-refractivity contribution in [1.82, 2.24) is 10.2 Å². The third-order valence-corrected chi connectivity index (χ3v) is 5.07. The predicted molar refractivity (Wildman–Crippen MR) is 95.5 cm³/mol. The Kier molecular flexibility index (Phi) is 5.06. The zero-order chi connectivity index (χ0) is 18.0. The maximum Gasteiger partial charge on any atom is 0.256 e. The van der Waals surface area contributed by atoms with Gasteiger partial charge in [0.25, 0.3) is 5.91 Å². The van der Waals surface area contributed by atoms with Crippen LogP contribution < -0.4 is 10.2 Å². The lowest BCUT2D eigenvalue weighted by atomic mass is 9.96. The highest BCUT2D eigenvalue weighted by Gasteiger charge is 2.31. The third-order valence-electron chi connectivity index (χ3n) is 5.07. The summed E-state index contributed by atoms with van der Waals surface area (Å²) in [6.07, 6.45) is 2.97. The van der Waals surface area contributed by atoms with Crippen molar-refractivity contribution in [3.63, 3.8) is 0 Å². The zero-order valence-electron chi connectivity index (χ0n) is 14.9. The smallest absolute Gasteiger partial charge is 0.256 e. The molecule has 1 N–H and O–H groups in total. The van der Waals surface area contributed by atoms with Gasteiger partial charge in [0, 0.05) is 33.1 Å². The average Bonchev–Trinajstić information content (AvgIpc) is 3.06. The Labute approximate surface area is 148 Å². The van der Waals surface area contributed by atoms with E-state index >= 15 is 0 Å². The molecule has 1 aromatic rings. The predicted octanol–water partition coefficient (Wildman–Crippen LogP) is 1.72. The van der Waals surface area contributed by atoms with Gasteiger partial charge in [-0.05, 0) is 38.3 Å². The van der Waals surface area contributed by atoms with Crippen LogP contribution in [0.25, 0.3) is 0 Å². The summed E-state index contributed by atoms with van der Waals surface area (Å²) >= 11 is 0. The number of amides is 3. The summed E-state index contributed by atoms with van der Waals surface area (Å²) in [4.78, 5) is 40.7. The quantitative estimate of drug-likeness (QED) is 0.908. The molecule has 2 heterocycles. The lowest BCUT2D eigenvalue weighted by molar-refractivity contribution is -0.125. The van der Waals surface area contributed by atoms with Crippen molar-refractivity contribution in [2.75, 3.05) is 31.6 Å². The van der Waals surface area contributed by atoms with Gasteiger partial charge in [-0.15, -0.1) is 0 Å². The van der Waals surface area contributed by atoms with Crippen molar-refractivity contribution < 1.29 is 14.4 Å². The number of nitrogens with one attached hydrogen (secondary N) is 1. The third kappa shape index (κ3) is 3.52. The Morgan fingerprint density at radius 3 is 2.68 bits per heavy atom. The average molecular weight is 343 g/mol. The summed E-state index contributed by atoms with van der Waals surface area (Å²) < 4.78 is 0. The number of carbonyl (C=O) groups excluding carboxylic acids is 3. The van der Waals surface area contributed by atoms with Crippen LogP contribution in [0.15, 0.2) is 18.2 Å². The van der Waals surface area contributed by atoms with E-state index in [0.29, 0.717) is 37.3 Å². The molecule has 1 atom stereocenters. The van der Waals surface area contributed by atoms with Crippen molar-refractivity contribution in [2.45, 2.75) is 32.6 Å². The summed E-state index contributed by atoms with van der Waals surface area (Å²) in [5.41, 5.74) is 2.24. The van der Waals surface area contributed by atoms with E-state index < -0.39 is 0 Å². The first kappa shape index (κ1) is 17.5. The fraction of sp³-hybridized carbons (Fsp3) is 0.526. The number of rotatable bonds is 3. The molecular formula is C19H25N3O3. The highest BCUT2D eigenvalue weighted by Crippen LogP contribution is 2.29. The lowest BCUT2D eigenvalue weighted by Crippen LogP contribution is -2.45. The van der Waals surface area contributed by atoms with Gasteiger partial charge < -0.3 is 15.1 Å². The normalized spacial score (nSPS) is 20.7. The summed E-state index contributed by atoms with van der Waals surface area (Å²) in [6, 6.07) is 5.65. The largest absolute Gasteiger partial charge is 0.359 e. The molecule has 3 rings (SSSR count). The van der Waals surface area contributed by atoms with Crippen molar-refractivity contribution in [3.05, 3.63) is 29.3 Å². The molecule has 2 aliphatic heterocycles. The Bertz CT molecular complexity index is 701. The van der Waals surface area contributed by atoms with Gasteiger partial charge in [0.2, 0.25) is 11.8 Å². The van der Waals surface area contributed by atoms with Gasteiger partial charge in [-0.3, -0.25) is 14.4 Å². The number of anilines is 1. The molecule has 2 saturated heterocycles. The minimum Gasteiger partial charge on any atom is -0.359 e. The van der Waals surface area contributed by atoms with E-state index in [1.54, 1.807) is 16.8 Å². The number of nitrogens with zero attached hydrogens (tertiary/aromatic N) is 2. The summed E-state index contributed by atoms with van der Waals surface area (Å²) in [6.45, 7) is 3.67. The van der Waals surface area contributed by atoms with E-state index in [-0.39, 0.29) is 23.6 Å². The number of hydrogen-bond donors (Lipinski definition) is 1. The maximum absolute atomic E-state index is 13.1. The Morgan fingerprint density at radius 2 is 2.00 bits per heavy atom. The molecule has 6 heteroatoms. The minimum absolute atomic E-state index is 0.0170. The first-order chi connectivity index (χ1) is 12.0. The van der Waals surface area contributed by atoms with E-state index in [1.165, 1.54) is 0 Å². The molecule has 134 valence electrons. The standard InChI is InChI=1S/C19H25N3O3/c1-13-7-8-16(22-10-4-6-17(22)23)15(11-13)19(25)21-9-3-5-14(12-21)18(24)20-2/h7-8,11,14H,3-6,9-10,12H2,1-2H3,(H,20,24). The first-order valence-electron chi connectivity index (χ1n) is 8.93. The number of hydrogen-bond acceptors (Lipinski definition) is 3. The van der Waals surface area contributed by atoms with Crippen LogP contribution in [-0.2, 0) is 9.59 Å². The van der Waals surface area contributed by atoms with E-state index in [9.17, 15) is 14.4 Å². The van der Waals surface area contributed by atoms with Crippen LogP contribution in [0.5, 0.6) is 0 Å². The number of aryl methyl sites for hydroxylation is 1. The van der Waals surface area contributed by atoms with Crippen molar-refractivity contribution >= 4 is 23.4 Å². The molecule has 0 aromatic heterocycles. The van der Waals surface area contributed by atoms with E-state index in [0.717, 1.165) is 24.8 Å². The van der Waals surface area contributed by atoms with Crippen LogP contribution in [0.4, 0.5) is 5.69 Å². The van der Waals surface area contributed by atoms with Crippen LogP contribution in [0.3, 0.4) is 0 Å². The molecule has 3 amide bonds. The zero-order valence-corrected chi connectivity index (χ0v) is 14.9. The number of likely N-dealkylation sites (tertiary alicyclic amines) is 1. The second-order valence-electron chi connectivity index (χ2n) is 6.87.